The zero-order valence-electron chi connectivity index (χ0n) is 14.1. The molecule has 0 fully saturated rings. The maximum Gasteiger partial charge on any atom is 0.267 e. The number of carbonyl (C=O) groups is 2. The van der Waals surface area contributed by atoms with E-state index in [1.165, 1.54) is 17.1 Å². The van der Waals surface area contributed by atoms with E-state index in [9.17, 15) is 14.0 Å². The molecule has 1 aliphatic heterocycles. The number of hydrogen-bond donors (Lipinski definition) is 1. The highest BCUT2D eigenvalue weighted by Gasteiger charge is 2.25. The molecule has 2 aromatic rings. The molecule has 5 nitrogen and oxygen atoms in total. The summed E-state index contributed by atoms with van der Waals surface area (Å²) in [4.78, 5) is 24.5. The lowest BCUT2D eigenvalue weighted by Gasteiger charge is -2.23. The summed E-state index contributed by atoms with van der Waals surface area (Å²) in [5, 5.41) is 8.68. The van der Waals surface area contributed by atoms with E-state index in [0.717, 1.165) is 11.1 Å². The minimum Gasteiger partial charge on any atom is -0.347 e. The van der Waals surface area contributed by atoms with Crippen LogP contribution in [0.15, 0.2) is 47.6 Å². The molecule has 0 radical (unpaired) electrons. The van der Waals surface area contributed by atoms with E-state index >= 15 is 0 Å². The van der Waals surface area contributed by atoms with Gasteiger partial charge in [-0.25, -0.2) is 9.40 Å². The number of benzene rings is 2. The van der Waals surface area contributed by atoms with E-state index in [4.69, 9.17) is 11.6 Å². The number of rotatable bonds is 4. The van der Waals surface area contributed by atoms with Gasteiger partial charge in [-0.2, -0.15) is 5.10 Å². The van der Waals surface area contributed by atoms with Gasteiger partial charge < -0.3 is 5.32 Å². The molecule has 0 spiro atoms. The molecule has 1 aliphatic rings. The van der Waals surface area contributed by atoms with E-state index in [1.807, 2.05) is 6.92 Å². The molecule has 0 atom stereocenters. The van der Waals surface area contributed by atoms with Crippen molar-refractivity contribution < 1.29 is 14.0 Å². The third kappa shape index (κ3) is 4.08. The predicted molar refractivity (Wildman–Crippen MR) is 98.6 cm³/mol. The van der Waals surface area contributed by atoms with Gasteiger partial charge in [0.25, 0.3) is 5.91 Å². The first-order chi connectivity index (χ1) is 12.4. The number of hydrogen-bond acceptors (Lipinski definition) is 3. The van der Waals surface area contributed by atoms with Crippen LogP contribution in [0.5, 0.6) is 0 Å². The second kappa shape index (κ2) is 7.66. The average molecular weight is 374 g/mol. The molecule has 134 valence electrons. The van der Waals surface area contributed by atoms with Gasteiger partial charge in [-0.15, -0.1) is 0 Å². The normalized spacial score (nSPS) is 14.2. The predicted octanol–water partition coefficient (Wildman–Crippen LogP) is 3.59. The fraction of sp³-hybridized carbons (Fsp3) is 0.211. The standard InChI is InChI=1S/C19H17ClFN3O2/c1-12-2-7-15(10-16(12)20)24-18(25)9-8-17(23-24)19(26)22-11-13-3-5-14(21)6-4-13/h2-7,10H,8-9,11H2,1H3,(H,22,26). The molecular weight excluding hydrogens is 357 g/mol. The topological polar surface area (TPSA) is 61.8 Å². The molecule has 1 heterocycles. The number of amides is 2. The first-order valence-corrected chi connectivity index (χ1v) is 8.51. The van der Waals surface area contributed by atoms with Crippen LogP contribution in [0.1, 0.15) is 24.0 Å². The number of nitrogens with one attached hydrogen (secondary N) is 1. The van der Waals surface area contributed by atoms with Gasteiger partial charge in [-0.1, -0.05) is 29.8 Å². The smallest absolute Gasteiger partial charge is 0.267 e. The fourth-order valence-corrected chi connectivity index (χ4v) is 2.69. The summed E-state index contributed by atoms with van der Waals surface area (Å²) in [7, 11) is 0. The van der Waals surface area contributed by atoms with Crippen molar-refractivity contribution in [2.24, 2.45) is 5.10 Å². The van der Waals surface area contributed by atoms with Crippen LogP contribution in [0.2, 0.25) is 5.02 Å². The van der Waals surface area contributed by atoms with Crippen LogP contribution < -0.4 is 10.3 Å². The van der Waals surface area contributed by atoms with Gasteiger partial charge in [0.1, 0.15) is 11.5 Å². The summed E-state index contributed by atoms with van der Waals surface area (Å²) in [5.41, 5.74) is 2.45. The van der Waals surface area contributed by atoms with Gasteiger partial charge in [0.15, 0.2) is 0 Å². The van der Waals surface area contributed by atoms with Crippen LogP contribution in [0.25, 0.3) is 0 Å². The lowest BCUT2D eigenvalue weighted by Crippen LogP contribution is -2.38. The lowest BCUT2D eigenvalue weighted by atomic mass is 10.1. The van der Waals surface area contributed by atoms with Gasteiger partial charge in [0.05, 0.1) is 5.69 Å². The van der Waals surface area contributed by atoms with Crippen LogP contribution in [-0.4, -0.2) is 17.5 Å². The Balaban J connectivity index is 1.73. The Kier molecular flexibility index (Phi) is 5.32. The summed E-state index contributed by atoms with van der Waals surface area (Å²) in [5.74, 6) is -0.882. The number of carbonyl (C=O) groups excluding carboxylic acids is 2. The highest BCUT2D eigenvalue weighted by atomic mass is 35.5. The summed E-state index contributed by atoms with van der Waals surface area (Å²) in [6.07, 6.45) is 0.457. The minimum atomic E-state index is -0.356. The van der Waals surface area contributed by atoms with E-state index in [-0.39, 0.29) is 42.7 Å². The molecule has 0 unspecified atom stereocenters. The molecule has 0 aromatic heterocycles. The van der Waals surface area contributed by atoms with Crippen LogP contribution in [-0.2, 0) is 16.1 Å². The monoisotopic (exact) mass is 373 g/mol. The fourth-order valence-electron chi connectivity index (χ4n) is 2.52. The SMILES string of the molecule is Cc1ccc(N2N=C(C(=O)NCc3ccc(F)cc3)CCC2=O)cc1Cl. The lowest BCUT2D eigenvalue weighted by molar-refractivity contribution is -0.119. The van der Waals surface area contributed by atoms with Crippen molar-refractivity contribution in [2.75, 3.05) is 5.01 Å². The Morgan fingerprint density at radius 3 is 2.65 bits per heavy atom. The Morgan fingerprint density at radius 1 is 1.23 bits per heavy atom. The highest BCUT2D eigenvalue weighted by Crippen LogP contribution is 2.26. The number of halogens is 2. The van der Waals surface area contributed by atoms with Crippen molar-refractivity contribution >= 4 is 34.8 Å². The maximum absolute atomic E-state index is 12.9. The molecule has 0 saturated carbocycles. The Hall–Kier alpha value is -2.73. The third-order valence-corrected chi connectivity index (χ3v) is 4.47. The molecule has 0 saturated heterocycles. The van der Waals surface area contributed by atoms with Gasteiger partial charge in [0, 0.05) is 24.4 Å². The maximum atomic E-state index is 12.9. The van der Waals surface area contributed by atoms with Crippen molar-refractivity contribution in [3.05, 3.63) is 64.4 Å². The molecule has 0 bridgehead atoms. The summed E-state index contributed by atoms with van der Waals surface area (Å²) < 4.78 is 12.9. The summed E-state index contributed by atoms with van der Waals surface area (Å²) in [6.45, 7) is 2.12. The van der Waals surface area contributed by atoms with Crippen molar-refractivity contribution in [3.63, 3.8) is 0 Å². The van der Waals surface area contributed by atoms with Crippen LogP contribution in [0, 0.1) is 12.7 Å². The minimum absolute atomic E-state index is 0.189. The van der Waals surface area contributed by atoms with E-state index in [0.29, 0.717) is 10.7 Å². The van der Waals surface area contributed by atoms with Crippen molar-refractivity contribution in [3.8, 4) is 0 Å². The Labute approximate surface area is 155 Å². The van der Waals surface area contributed by atoms with Gasteiger partial charge in [-0.05, 0) is 42.3 Å². The van der Waals surface area contributed by atoms with E-state index in [1.54, 1.807) is 30.3 Å². The van der Waals surface area contributed by atoms with Gasteiger partial charge in [0.2, 0.25) is 5.91 Å². The van der Waals surface area contributed by atoms with E-state index in [2.05, 4.69) is 10.4 Å². The Bertz CT molecular complexity index is 881. The zero-order chi connectivity index (χ0) is 18.7. The molecule has 0 aliphatic carbocycles. The van der Waals surface area contributed by atoms with Gasteiger partial charge in [-0.3, -0.25) is 9.59 Å². The second-order valence-electron chi connectivity index (χ2n) is 5.99. The third-order valence-electron chi connectivity index (χ3n) is 4.06. The second-order valence-corrected chi connectivity index (χ2v) is 6.40. The highest BCUT2D eigenvalue weighted by molar-refractivity contribution is 6.40. The molecule has 26 heavy (non-hydrogen) atoms. The number of anilines is 1. The molecular formula is C19H17ClFN3O2. The van der Waals surface area contributed by atoms with Crippen molar-refractivity contribution in [1.29, 1.82) is 0 Å². The van der Waals surface area contributed by atoms with Crippen LogP contribution >= 0.6 is 11.6 Å². The summed E-state index contributed by atoms with van der Waals surface area (Å²) in [6, 6.07) is 11.1. The quantitative estimate of drug-likeness (QED) is 0.890. The zero-order valence-corrected chi connectivity index (χ0v) is 14.9. The van der Waals surface area contributed by atoms with Crippen LogP contribution in [0.3, 0.4) is 0 Å². The first kappa shape index (κ1) is 18.1. The average Bonchev–Trinajstić information content (AvgIpc) is 2.64. The van der Waals surface area contributed by atoms with Gasteiger partial charge >= 0.3 is 0 Å². The molecule has 7 heteroatoms. The van der Waals surface area contributed by atoms with E-state index < -0.39 is 0 Å². The number of nitrogens with zero attached hydrogens (tertiary/aromatic N) is 2. The largest absolute Gasteiger partial charge is 0.347 e. The first-order valence-electron chi connectivity index (χ1n) is 8.13. The number of aryl methyl sites for hydroxylation is 1. The molecule has 1 N–H and O–H groups in total. The van der Waals surface area contributed by atoms with Crippen molar-refractivity contribution in [1.82, 2.24) is 5.32 Å². The molecule has 2 amide bonds. The number of hydrazone groups is 1. The summed E-state index contributed by atoms with van der Waals surface area (Å²) >= 11 is 6.12. The Morgan fingerprint density at radius 2 is 1.96 bits per heavy atom. The molecule has 3 rings (SSSR count). The van der Waals surface area contributed by atoms with Crippen molar-refractivity contribution in [2.45, 2.75) is 26.3 Å². The molecule has 2 aromatic carbocycles. The van der Waals surface area contributed by atoms with Crippen LogP contribution in [0.4, 0.5) is 10.1 Å².